The van der Waals surface area contributed by atoms with Crippen molar-refractivity contribution in [2.45, 2.75) is 9.79 Å². The zero-order valence-corrected chi connectivity index (χ0v) is 17.3. The molecule has 6 nitrogen and oxygen atoms in total. The average molecular weight is 436 g/mol. The maximum atomic E-state index is 12.4. The molecule has 8 heteroatoms. The topological polar surface area (TPSA) is 84.6 Å². The van der Waals surface area contributed by atoms with Crippen molar-refractivity contribution in [3.05, 3.63) is 111 Å². The van der Waals surface area contributed by atoms with Crippen LogP contribution >= 0.6 is 23.5 Å². The number of benzene rings is 3. The lowest BCUT2D eigenvalue weighted by atomic mass is 10.2. The van der Waals surface area contributed by atoms with E-state index in [1.807, 2.05) is 60.7 Å². The lowest BCUT2D eigenvalue weighted by molar-refractivity contribution is -0.384. The first-order valence-electron chi connectivity index (χ1n) is 8.85. The van der Waals surface area contributed by atoms with Gasteiger partial charge in [0.25, 0.3) is 11.6 Å². The number of carbonyl (C=O) groups excluding carboxylic acids is 1. The highest BCUT2D eigenvalue weighted by molar-refractivity contribution is 8.22. The van der Waals surface area contributed by atoms with Gasteiger partial charge in [0.2, 0.25) is 0 Å². The van der Waals surface area contributed by atoms with Gasteiger partial charge in [0.05, 0.1) is 15.4 Å². The molecule has 0 radical (unpaired) electrons. The zero-order valence-electron chi connectivity index (χ0n) is 15.7. The summed E-state index contributed by atoms with van der Waals surface area (Å²) in [5.41, 5.74) is 3.10. The Morgan fingerprint density at radius 1 is 0.867 bits per heavy atom. The molecule has 3 rings (SSSR count). The predicted molar refractivity (Wildman–Crippen MR) is 122 cm³/mol. The van der Waals surface area contributed by atoms with Gasteiger partial charge in [0, 0.05) is 28.0 Å². The second kappa shape index (κ2) is 11.0. The average Bonchev–Trinajstić information content (AvgIpc) is 2.75. The van der Waals surface area contributed by atoms with Crippen LogP contribution in [0.1, 0.15) is 5.56 Å². The van der Waals surface area contributed by atoms with Gasteiger partial charge in [-0.25, -0.2) is 5.43 Å². The number of non-ortho nitro benzene ring substituents is 1. The van der Waals surface area contributed by atoms with Crippen molar-refractivity contribution in [1.29, 1.82) is 0 Å². The summed E-state index contributed by atoms with van der Waals surface area (Å²) in [7, 11) is 0. The Hall–Kier alpha value is -3.36. The van der Waals surface area contributed by atoms with E-state index >= 15 is 0 Å². The fraction of sp³-hybridized carbons (Fsp3) is 0. The number of nitro groups is 1. The van der Waals surface area contributed by atoms with E-state index in [9.17, 15) is 14.9 Å². The van der Waals surface area contributed by atoms with E-state index < -0.39 is 4.92 Å². The number of nitrogens with zero attached hydrogens (tertiary/aromatic N) is 2. The molecular formula is C22H17N3O3S2. The first kappa shape index (κ1) is 21.4. The van der Waals surface area contributed by atoms with Crippen molar-refractivity contribution in [1.82, 2.24) is 5.43 Å². The van der Waals surface area contributed by atoms with Gasteiger partial charge < -0.3 is 0 Å². The number of rotatable bonds is 8. The van der Waals surface area contributed by atoms with E-state index in [1.165, 1.54) is 47.9 Å². The van der Waals surface area contributed by atoms with E-state index in [0.29, 0.717) is 5.56 Å². The highest BCUT2D eigenvalue weighted by atomic mass is 32.2. The molecule has 1 N–H and O–H groups in total. The standard InChI is InChI=1S/C22H17N3O3S2/c26-21(24-23-16-17-11-13-18(14-12-17)25(27)28)15-22(29-19-7-3-1-4-8-19)30-20-9-5-2-6-10-20/h1-16H,(H,24,26)/b23-16+. The summed E-state index contributed by atoms with van der Waals surface area (Å²) < 4.78 is 0.801. The highest BCUT2D eigenvalue weighted by Gasteiger charge is 2.07. The molecule has 3 aromatic rings. The van der Waals surface area contributed by atoms with Gasteiger partial charge in [-0.1, -0.05) is 59.9 Å². The molecule has 0 heterocycles. The molecule has 0 aliphatic carbocycles. The van der Waals surface area contributed by atoms with E-state index in [0.717, 1.165) is 14.0 Å². The predicted octanol–water partition coefficient (Wildman–Crippen LogP) is 5.47. The number of hydrogen-bond acceptors (Lipinski definition) is 6. The van der Waals surface area contributed by atoms with Crippen LogP contribution < -0.4 is 5.43 Å². The summed E-state index contributed by atoms with van der Waals surface area (Å²) in [4.78, 5) is 24.6. The van der Waals surface area contributed by atoms with Crippen molar-refractivity contribution >= 4 is 41.3 Å². The molecule has 150 valence electrons. The number of nitro benzene ring substituents is 1. The summed E-state index contributed by atoms with van der Waals surface area (Å²) in [5.74, 6) is -0.366. The van der Waals surface area contributed by atoms with Gasteiger partial charge in [0.15, 0.2) is 0 Å². The third-order valence-corrected chi connectivity index (χ3v) is 5.82. The van der Waals surface area contributed by atoms with Crippen molar-refractivity contribution in [2.75, 3.05) is 0 Å². The number of thioether (sulfide) groups is 2. The van der Waals surface area contributed by atoms with Gasteiger partial charge in [-0.05, 0) is 42.0 Å². The minimum absolute atomic E-state index is 0.000339. The van der Waals surface area contributed by atoms with Crippen LogP contribution in [0.2, 0.25) is 0 Å². The zero-order chi connectivity index (χ0) is 21.2. The molecule has 30 heavy (non-hydrogen) atoms. The molecule has 0 saturated heterocycles. The highest BCUT2D eigenvalue weighted by Crippen LogP contribution is 2.38. The lowest BCUT2D eigenvalue weighted by Gasteiger charge is -2.07. The Bertz CT molecular complexity index is 1010. The van der Waals surface area contributed by atoms with Crippen molar-refractivity contribution in [2.24, 2.45) is 5.10 Å². The molecule has 0 aliphatic rings. The second-order valence-corrected chi connectivity index (χ2v) is 8.37. The molecule has 1 amide bonds. The van der Waals surface area contributed by atoms with Crippen molar-refractivity contribution in [3.8, 4) is 0 Å². The summed E-state index contributed by atoms with van der Waals surface area (Å²) in [5, 5.41) is 14.6. The van der Waals surface area contributed by atoms with Gasteiger partial charge in [-0.15, -0.1) is 0 Å². The third kappa shape index (κ3) is 6.91. The molecule has 3 aromatic carbocycles. The van der Waals surface area contributed by atoms with Crippen LogP contribution in [0.25, 0.3) is 0 Å². The Morgan fingerprint density at radius 3 is 1.90 bits per heavy atom. The third-order valence-electron chi connectivity index (χ3n) is 3.66. The van der Waals surface area contributed by atoms with Crippen LogP contribution in [0, 0.1) is 10.1 Å². The van der Waals surface area contributed by atoms with Crippen LogP contribution in [0.5, 0.6) is 0 Å². The SMILES string of the molecule is O=C(C=C(Sc1ccccc1)Sc1ccccc1)N/N=C/c1ccc([N+](=O)[O-])cc1. The smallest absolute Gasteiger partial charge is 0.268 e. The Kier molecular flexibility index (Phi) is 7.82. The summed E-state index contributed by atoms with van der Waals surface area (Å²) in [6.45, 7) is 0. The van der Waals surface area contributed by atoms with Crippen molar-refractivity contribution < 1.29 is 9.72 Å². The monoisotopic (exact) mass is 435 g/mol. The van der Waals surface area contributed by atoms with Crippen LogP contribution in [0.15, 0.2) is 110 Å². The molecule has 0 aromatic heterocycles. The van der Waals surface area contributed by atoms with Crippen molar-refractivity contribution in [3.63, 3.8) is 0 Å². The lowest BCUT2D eigenvalue weighted by Crippen LogP contribution is -2.14. The molecule has 0 atom stereocenters. The second-order valence-electron chi connectivity index (χ2n) is 5.88. The van der Waals surface area contributed by atoms with Crippen LogP contribution in [0.4, 0.5) is 5.69 Å². The quantitative estimate of drug-likeness (QED) is 0.167. The van der Waals surface area contributed by atoms with Crippen LogP contribution in [-0.4, -0.2) is 17.0 Å². The minimum atomic E-state index is -0.468. The maximum absolute atomic E-state index is 12.4. The molecule has 0 aliphatic heterocycles. The fourth-order valence-corrected chi connectivity index (χ4v) is 4.41. The molecule has 0 bridgehead atoms. The van der Waals surface area contributed by atoms with E-state index in [2.05, 4.69) is 10.5 Å². The molecule has 0 spiro atoms. The van der Waals surface area contributed by atoms with Gasteiger partial charge >= 0.3 is 0 Å². The Morgan fingerprint density at radius 2 is 1.40 bits per heavy atom. The Balaban J connectivity index is 1.67. The summed E-state index contributed by atoms with van der Waals surface area (Å²) >= 11 is 2.99. The van der Waals surface area contributed by atoms with Crippen LogP contribution in [-0.2, 0) is 4.79 Å². The molecule has 0 saturated carbocycles. The number of carbonyl (C=O) groups is 1. The van der Waals surface area contributed by atoms with E-state index in [1.54, 1.807) is 12.1 Å². The van der Waals surface area contributed by atoms with Gasteiger partial charge in [-0.2, -0.15) is 5.10 Å². The largest absolute Gasteiger partial charge is 0.269 e. The van der Waals surface area contributed by atoms with E-state index in [4.69, 9.17) is 0 Å². The normalized spacial score (nSPS) is 10.5. The molecule has 0 fully saturated rings. The fourth-order valence-electron chi connectivity index (χ4n) is 2.28. The van der Waals surface area contributed by atoms with Gasteiger partial charge in [0.1, 0.15) is 0 Å². The van der Waals surface area contributed by atoms with E-state index in [-0.39, 0.29) is 11.6 Å². The van der Waals surface area contributed by atoms with Gasteiger partial charge in [-0.3, -0.25) is 14.9 Å². The molecular weight excluding hydrogens is 418 g/mol. The maximum Gasteiger partial charge on any atom is 0.269 e. The number of hydrazone groups is 1. The summed E-state index contributed by atoms with van der Waals surface area (Å²) in [6.07, 6.45) is 2.94. The van der Waals surface area contributed by atoms with Crippen LogP contribution in [0.3, 0.4) is 0 Å². The Labute approximate surface area is 182 Å². The number of hydrogen-bond donors (Lipinski definition) is 1. The summed E-state index contributed by atoms with van der Waals surface area (Å²) in [6, 6.07) is 25.5. The first-order chi connectivity index (χ1) is 14.6. The number of nitrogens with one attached hydrogen (secondary N) is 1. The minimum Gasteiger partial charge on any atom is -0.268 e. The first-order valence-corrected chi connectivity index (χ1v) is 10.5. The molecule has 0 unspecified atom stereocenters. The number of amides is 1.